The van der Waals surface area contributed by atoms with Crippen molar-refractivity contribution in [3.05, 3.63) is 67.6 Å². The molecule has 1 heterocycles. The highest BCUT2D eigenvalue weighted by Crippen LogP contribution is 2.35. The summed E-state index contributed by atoms with van der Waals surface area (Å²) in [5.74, 6) is -2.23. The number of amides is 3. The number of H-pyrrole nitrogens is 1. The first-order valence-corrected chi connectivity index (χ1v) is 14.1. The van der Waals surface area contributed by atoms with Crippen molar-refractivity contribution in [2.45, 2.75) is 59.3 Å². The molecule has 0 unspecified atom stereocenters. The van der Waals surface area contributed by atoms with Gasteiger partial charge < -0.3 is 24.5 Å². The Morgan fingerprint density at radius 1 is 1.07 bits per heavy atom. The summed E-state index contributed by atoms with van der Waals surface area (Å²) in [6, 6.07) is 8.81. The second kappa shape index (κ2) is 13.2. The van der Waals surface area contributed by atoms with Gasteiger partial charge in [-0.3, -0.25) is 4.79 Å². The molecule has 0 saturated heterocycles. The Bertz CT molecular complexity index is 1580. The van der Waals surface area contributed by atoms with Gasteiger partial charge in [-0.2, -0.15) is 5.26 Å². The standard InChI is InChI=1S/C28H27BrCl2FN5O6/c1-27(2,3)42-25(39)37(26(40)43-28(4,5)6)24-35-20(22(29)36-24)23(38)34-13-15-7-8-18(31)21(19(15)32)41-17-10-14(12-33)9-16(30)11-17/h7-11H,13H2,1-6H3,(H,34,38)(H,35,36). The molecule has 0 aliphatic carbocycles. The largest absolute Gasteiger partial charge is 0.453 e. The summed E-state index contributed by atoms with van der Waals surface area (Å²) < 4.78 is 31.6. The van der Waals surface area contributed by atoms with E-state index in [1.165, 1.54) is 30.3 Å². The van der Waals surface area contributed by atoms with Crippen molar-refractivity contribution >= 4 is 63.2 Å². The number of aromatic nitrogens is 2. The summed E-state index contributed by atoms with van der Waals surface area (Å²) in [4.78, 5) is 46.1. The van der Waals surface area contributed by atoms with Gasteiger partial charge in [-0.1, -0.05) is 29.3 Å². The van der Waals surface area contributed by atoms with E-state index in [0.29, 0.717) is 4.90 Å². The molecule has 43 heavy (non-hydrogen) atoms. The molecular weight excluding hydrogens is 672 g/mol. The second-order valence-electron chi connectivity index (χ2n) is 10.9. The number of rotatable bonds is 6. The first kappa shape index (κ1) is 33.6. The number of imidazole rings is 1. The Kier molecular flexibility index (Phi) is 10.3. The zero-order valence-corrected chi connectivity index (χ0v) is 27.0. The van der Waals surface area contributed by atoms with E-state index < -0.39 is 35.1 Å². The lowest BCUT2D eigenvalue weighted by Gasteiger charge is -2.27. The first-order valence-electron chi connectivity index (χ1n) is 12.5. The lowest BCUT2D eigenvalue weighted by Crippen LogP contribution is -2.44. The summed E-state index contributed by atoms with van der Waals surface area (Å²) in [6.07, 6.45) is -2.18. The van der Waals surface area contributed by atoms with Crippen molar-refractivity contribution in [3.63, 3.8) is 0 Å². The number of hydrogen-bond acceptors (Lipinski definition) is 8. The predicted octanol–water partition coefficient (Wildman–Crippen LogP) is 7.89. The number of aromatic amines is 1. The zero-order valence-electron chi connectivity index (χ0n) is 23.9. The van der Waals surface area contributed by atoms with E-state index in [1.807, 2.05) is 6.07 Å². The maximum Gasteiger partial charge on any atom is 0.427 e. The summed E-state index contributed by atoms with van der Waals surface area (Å²) in [7, 11) is 0. The van der Waals surface area contributed by atoms with Crippen molar-refractivity contribution in [1.29, 1.82) is 5.26 Å². The van der Waals surface area contributed by atoms with Crippen molar-refractivity contribution in [1.82, 2.24) is 15.3 Å². The molecule has 15 heteroatoms. The summed E-state index contributed by atoms with van der Waals surface area (Å²) in [5, 5.41) is 11.8. The number of nitrogens with zero attached hydrogens (tertiary/aromatic N) is 3. The fourth-order valence-electron chi connectivity index (χ4n) is 3.33. The molecule has 3 rings (SSSR count). The molecule has 0 aliphatic heterocycles. The number of imide groups is 1. The molecular formula is C28H27BrCl2FN5O6. The highest BCUT2D eigenvalue weighted by Gasteiger charge is 2.35. The van der Waals surface area contributed by atoms with Gasteiger partial charge in [-0.05, 0) is 81.7 Å². The van der Waals surface area contributed by atoms with Gasteiger partial charge in [0.1, 0.15) is 27.2 Å². The predicted molar refractivity (Wildman–Crippen MR) is 160 cm³/mol. The Balaban J connectivity index is 1.84. The van der Waals surface area contributed by atoms with Crippen molar-refractivity contribution in [2.75, 3.05) is 4.90 Å². The molecule has 0 spiro atoms. The average Bonchev–Trinajstić information content (AvgIpc) is 3.24. The quantitative estimate of drug-likeness (QED) is 0.264. The Labute approximate surface area is 265 Å². The number of anilines is 1. The van der Waals surface area contributed by atoms with Gasteiger partial charge in [0, 0.05) is 17.1 Å². The zero-order chi connectivity index (χ0) is 32.3. The van der Waals surface area contributed by atoms with Gasteiger partial charge in [0.15, 0.2) is 11.6 Å². The molecule has 0 atom stereocenters. The number of hydrogen-bond donors (Lipinski definition) is 2. The number of halogens is 4. The van der Waals surface area contributed by atoms with Gasteiger partial charge in [0.2, 0.25) is 5.95 Å². The molecule has 3 amide bonds. The number of ether oxygens (including phenoxy) is 3. The Morgan fingerprint density at radius 3 is 2.23 bits per heavy atom. The van der Waals surface area contributed by atoms with Gasteiger partial charge in [-0.25, -0.2) is 19.0 Å². The third kappa shape index (κ3) is 9.06. The van der Waals surface area contributed by atoms with Crippen LogP contribution in [0.1, 0.15) is 63.2 Å². The number of benzene rings is 2. The highest BCUT2D eigenvalue weighted by molar-refractivity contribution is 9.10. The van der Waals surface area contributed by atoms with Crippen molar-refractivity contribution < 1.29 is 33.0 Å². The lowest BCUT2D eigenvalue weighted by molar-refractivity contribution is 0.0427. The van der Waals surface area contributed by atoms with Crippen LogP contribution in [-0.4, -0.2) is 39.3 Å². The van der Waals surface area contributed by atoms with Crippen LogP contribution in [0, 0.1) is 17.1 Å². The Hall–Kier alpha value is -3.86. The minimum atomic E-state index is -1.09. The van der Waals surface area contributed by atoms with Gasteiger partial charge in [0.05, 0.1) is 16.7 Å². The number of carbonyl (C=O) groups is 3. The van der Waals surface area contributed by atoms with E-state index in [2.05, 4.69) is 31.2 Å². The van der Waals surface area contributed by atoms with E-state index in [1.54, 1.807) is 41.5 Å². The molecule has 2 aromatic carbocycles. The van der Waals surface area contributed by atoms with E-state index in [0.717, 1.165) is 0 Å². The van der Waals surface area contributed by atoms with Crippen LogP contribution in [0.5, 0.6) is 11.5 Å². The molecule has 0 radical (unpaired) electrons. The first-order chi connectivity index (χ1) is 19.9. The van der Waals surface area contributed by atoms with Crippen LogP contribution in [0.25, 0.3) is 0 Å². The molecule has 0 bridgehead atoms. The number of nitrogens with one attached hydrogen (secondary N) is 2. The smallest absolute Gasteiger partial charge is 0.427 e. The molecule has 0 aliphatic rings. The summed E-state index contributed by atoms with van der Waals surface area (Å²) in [5.41, 5.74) is -1.89. The van der Waals surface area contributed by atoms with E-state index in [9.17, 15) is 14.4 Å². The minimum Gasteiger partial charge on any atom is -0.453 e. The summed E-state index contributed by atoms with van der Waals surface area (Å²) >= 11 is 15.3. The minimum absolute atomic E-state index is 0.00952. The van der Waals surface area contributed by atoms with Gasteiger partial charge in [-0.15, -0.1) is 4.90 Å². The van der Waals surface area contributed by atoms with E-state index in [4.69, 9.17) is 42.7 Å². The van der Waals surface area contributed by atoms with Crippen molar-refractivity contribution in [2.24, 2.45) is 0 Å². The monoisotopic (exact) mass is 697 g/mol. The van der Waals surface area contributed by atoms with Crippen LogP contribution < -0.4 is 15.0 Å². The second-order valence-corrected chi connectivity index (χ2v) is 12.5. The third-order valence-electron chi connectivity index (χ3n) is 5.03. The van der Waals surface area contributed by atoms with Crippen LogP contribution in [0.15, 0.2) is 34.9 Å². The average molecular weight is 699 g/mol. The van der Waals surface area contributed by atoms with E-state index >= 15 is 4.39 Å². The van der Waals surface area contributed by atoms with Crippen LogP contribution in [0.3, 0.4) is 0 Å². The molecule has 0 fully saturated rings. The van der Waals surface area contributed by atoms with E-state index in [-0.39, 0.29) is 55.5 Å². The molecule has 11 nitrogen and oxygen atoms in total. The van der Waals surface area contributed by atoms with Crippen LogP contribution in [0.2, 0.25) is 10.0 Å². The number of carbonyl (C=O) groups excluding carboxylic acids is 3. The maximum absolute atomic E-state index is 15.4. The van der Waals surface area contributed by atoms with Gasteiger partial charge >= 0.3 is 12.2 Å². The SMILES string of the molecule is CC(C)(C)OC(=O)N(C(=O)OC(C)(C)C)c1nc(Br)c(C(=O)NCc2ccc(Cl)c(Oc3cc(Cl)cc(C#N)c3)c2F)[nH]1. The fraction of sp³-hybridized carbons (Fsp3) is 0.321. The highest BCUT2D eigenvalue weighted by atomic mass is 79.9. The topological polar surface area (TPSA) is 147 Å². The Morgan fingerprint density at radius 2 is 1.67 bits per heavy atom. The molecule has 1 aromatic heterocycles. The molecule has 0 saturated carbocycles. The summed E-state index contributed by atoms with van der Waals surface area (Å²) in [6.45, 7) is 9.35. The normalized spacial score (nSPS) is 11.4. The maximum atomic E-state index is 15.4. The van der Waals surface area contributed by atoms with Crippen LogP contribution in [-0.2, 0) is 16.0 Å². The van der Waals surface area contributed by atoms with Crippen LogP contribution >= 0.6 is 39.1 Å². The molecule has 2 N–H and O–H groups in total. The molecule has 228 valence electrons. The fourth-order valence-corrected chi connectivity index (χ4v) is 4.19. The molecule has 3 aromatic rings. The van der Waals surface area contributed by atoms with Crippen molar-refractivity contribution in [3.8, 4) is 17.6 Å². The lowest BCUT2D eigenvalue weighted by atomic mass is 10.2. The third-order valence-corrected chi connectivity index (χ3v) is 6.12. The number of nitriles is 1. The van der Waals surface area contributed by atoms with Gasteiger partial charge in [0.25, 0.3) is 5.91 Å². The van der Waals surface area contributed by atoms with Crippen LogP contribution in [0.4, 0.5) is 19.9 Å².